The van der Waals surface area contributed by atoms with E-state index in [9.17, 15) is 19.1 Å². The van der Waals surface area contributed by atoms with Crippen LogP contribution in [0.4, 0.5) is 4.39 Å². The normalized spacial score (nSPS) is 17.0. The predicted molar refractivity (Wildman–Crippen MR) is 135 cm³/mol. The molecule has 190 valence electrons. The van der Waals surface area contributed by atoms with E-state index in [1.165, 1.54) is 19.2 Å². The highest BCUT2D eigenvalue weighted by atomic mass is 19.1. The average Bonchev–Trinajstić information content (AvgIpc) is 3.21. The van der Waals surface area contributed by atoms with Crippen LogP contribution in [0.25, 0.3) is 10.9 Å². The second kappa shape index (κ2) is 10.4. The number of piperidine rings is 1. The van der Waals surface area contributed by atoms with E-state index < -0.39 is 0 Å². The molecule has 0 radical (unpaired) electrons. The van der Waals surface area contributed by atoms with Gasteiger partial charge in [0.1, 0.15) is 5.82 Å². The Bertz CT molecular complexity index is 1260. The van der Waals surface area contributed by atoms with Crippen LogP contribution in [0, 0.1) is 11.7 Å². The molecule has 0 bridgehead atoms. The molecule has 3 aromatic rings. The van der Waals surface area contributed by atoms with E-state index in [-0.39, 0.29) is 24.3 Å². The summed E-state index contributed by atoms with van der Waals surface area (Å²) in [4.78, 5) is 29.6. The van der Waals surface area contributed by atoms with Gasteiger partial charge in [-0.2, -0.15) is 0 Å². The zero-order valence-electron chi connectivity index (χ0n) is 20.6. The van der Waals surface area contributed by atoms with E-state index in [4.69, 9.17) is 4.74 Å². The van der Waals surface area contributed by atoms with Gasteiger partial charge in [-0.25, -0.2) is 9.18 Å². The third kappa shape index (κ3) is 4.75. The molecule has 2 aliphatic rings. The van der Waals surface area contributed by atoms with Crippen LogP contribution in [0.5, 0.6) is 0 Å². The van der Waals surface area contributed by atoms with Gasteiger partial charge in [-0.15, -0.1) is 0 Å². The van der Waals surface area contributed by atoms with Crippen LogP contribution in [-0.4, -0.2) is 77.8 Å². The smallest absolute Gasteiger partial charge is 0.337 e. The molecule has 36 heavy (non-hydrogen) atoms. The second-order valence-corrected chi connectivity index (χ2v) is 9.77. The van der Waals surface area contributed by atoms with Crippen molar-refractivity contribution in [1.29, 1.82) is 0 Å². The molecule has 2 aromatic carbocycles. The van der Waals surface area contributed by atoms with Crippen molar-refractivity contribution in [3.63, 3.8) is 0 Å². The molecule has 7 nitrogen and oxygen atoms in total. The van der Waals surface area contributed by atoms with Gasteiger partial charge in [0, 0.05) is 55.8 Å². The molecule has 3 heterocycles. The number of amides is 1. The summed E-state index contributed by atoms with van der Waals surface area (Å²) in [7, 11) is 1.35. The van der Waals surface area contributed by atoms with Crippen molar-refractivity contribution >= 4 is 22.8 Å². The number of carbonyl (C=O) groups excluding carboxylic acids is 2. The van der Waals surface area contributed by atoms with Crippen molar-refractivity contribution in [2.24, 2.45) is 5.92 Å². The van der Waals surface area contributed by atoms with Gasteiger partial charge in [0.2, 0.25) is 0 Å². The number of aliphatic hydroxyl groups excluding tert-OH is 1. The van der Waals surface area contributed by atoms with Gasteiger partial charge in [0.15, 0.2) is 0 Å². The summed E-state index contributed by atoms with van der Waals surface area (Å²) in [6.07, 6.45) is 2.67. The van der Waals surface area contributed by atoms with E-state index in [1.807, 2.05) is 17.0 Å². The third-order valence-corrected chi connectivity index (χ3v) is 7.62. The molecule has 1 aromatic heterocycles. The number of fused-ring (bicyclic) bond motifs is 3. The Kier molecular flexibility index (Phi) is 7.07. The summed E-state index contributed by atoms with van der Waals surface area (Å²) in [6, 6.07) is 11.9. The number of aromatic nitrogens is 1. The van der Waals surface area contributed by atoms with Crippen LogP contribution in [0.3, 0.4) is 0 Å². The Morgan fingerprint density at radius 3 is 2.53 bits per heavy atom. The van der Waals surface area contributed by atoms with Crippen molar-refractivity contribution in [2.45, 2.75) is 25.8 Å². The number of methoxy groups -OCH3 is 1. The lowest BCUT2D eigenvalue weighted by molar-refractivity contribution is 0.0600. The van der Waals surface area contributed by atoms with Crippen molar-refractivity contribution in [1.82, 2.24) is 14.4 Å². The number of benzene rings is 2. The van der Waals surface area contributed by atoms with Gasteiger partial charge in [0.25, 0.3) is 5.91 Å². The van der Waals surface area contributed by atoms with Crippen molar-refractivity contribution in [3.8, 4) is 0 Å². The molecule has 0 aliphatic carbocycles. The lowest BCUT2D eigenvalue weighted by Gasteiger charge is -2.34. The fourth-order valence-electron chi connectivity index (χ4n) is 5.47. The van der Waals surface area contributed by atoms with Crippen LogP contribution in [0.15, 0.2) is 42.5 Å². The first-order chi connectivity index (χ1) is 17.5. The maximum absolute atomic E-state index is 14.3. The first-order valence-electron chi connectivity index (χ1n) is 12.6. The number of hydrogen-bond acceptors (Lipinski definition) is 5. The number of carbonyl (C=O) groups is 2. The van der Waals surface area contributed by atoms with E-state index in [0.717, 1.165) is 49.2 Å². The van der Waals surface area contributed by atoms with Gasteiger partial charge >= 0.3 is 5.97 Å². The topological polar surface area (TPSA) is 75.0 Å². The molecule has 1 N–H and O–H groups in total. The van der Waals surface area contributed by atoms with E-state index in [2.05, 4.69) is 9.47 Å². The van der Waals surface area contributed by atoms with Gasteiger partial charge in [-0.05, 0) is 67.7 Å². The molecule has 2 aliphatic heterocycles. The second-order valence-electron chi connectivity index (χ2n) is 9.77. The van der Waals surface area contributed by atoms with Gasteiger partial charge in [-0.3, -0.25) is 4.79 Å². The van der Waals surface area contributed by atoms with Gasteiger partial charge < -0.3 is 24.2 Å². The molecular weight excluding hydrogens is 461 g/mol. The monoisotopic (exact) mass is 493 g/mol. The van der Waals surface area contributed by atoms with Crippen molar-refractivity contribution < 1.29 is 23.8 Å². The molecule has 0 spiro atoms. The zero-order valence-corrected chi connectivity index (χ0v) is 20.6. The third-order valence-electron chi connectivity index (χ3n) is 7.62. The first kappa shape index (κ1) is 24.5. The Labute approximate surface area is 210 Å². The number of hydrogen-bond donors (Lipinski definition) is 1. The molecule has 1 amide bonds. The molecule has 0 saturated carbocycles. The van der Waals surface area contributed by atoms with Crippen molar-refractivity contribution in [3.05, 3.63) is 70.7 Å². The largest absolute Gasteiger partial charge is 0.465 e. The van der Waals surface area contributed by atoms with Crippen LogP contribution in [0.1, 0.15) is 44.8 Å². The number of aliphatic hydroxyl groups is 1. The molecule has 5 rings (SSSR count). The number of rotatable bonds is 7. The van der Waals surface area contributed by atoms with Crippen LogP contribution in [0.2, 0.25) is 0 Å². The Balaban J connectivity index is 1.38. The molecule has 1 fully saturated rings. The van der Waals surface area contributed by atoms with Crippen LogP contribution >= 0.6 is 0 Å². The summed E-state index contributed by atoms with van der Waals surface area (Å²) < 4.78 is 21.2. The SMILES string of the molecule is COC(=O)c1ccc(Cn2c3c(c4cc(F)ccc42)C(=O)N(CCN2CCC(CO)CC2)CC3)cc1. The minimum Gasteiger partial charge on any atom is -0.465 e. The Hall–Kier alpha value is -3.23. The Morgan fingerprint density at radius 2 is 1.83 bits per heavy atom. The van der Waals surface area contributed by atoms with E-state index in [1.54, 1.807) is 18.2 Å². The number of nitrogens with zero attached hydrogens (tertiary/aromatic N) is 3. The summed E-state index contributed by atoms with van der Waals surface area (Å²) in [5.74, 6) is -0.402. The fraction of sp³-hybridized carbons (Fsp3) is 0.429. The maximum Gasteiger partial charge on any atom is 0.337 e. The lowest BCUT2D eigenvalue weighted by Crippen LogP contribution is -2.44. The lowest BCUT2D eigenvalue weighted by atomic mass is 9.98. The van der Waals surface area contributed by atoms with E-state index in [0.29, 0.717) is 48.5 Å². The number of ether oxygens (including phenoxy) is 1. The van der Waals surface area contributed by atoms with Gasteiger partial charge in [0.05, 0.1) is 18.2 Å². The predicted octanol–water partition coefficient (Wildman–Crippen LogP) is 3.32. The van der Waals surface area contributed by atoms with Crippen LogP contribution < -0.4 is 0 Å². The minimum atomic E-state index is -0.385. The Morgan fingerprint density at radius 1 is 1.08 bits per heavy atom. The molecule has 0 atom stereocenters. The fourth-order valence-corrected chi connectivity index (χ4v) is 5.47. The molecular formula is C28H32FN3O4. The van der Waals surface area contributed by atoms with Gasteiger partial charge in [-0.1, -0.05) is 12.1 Å². The highest BCUT2D eigenvalue weighted by Crippen LogP contribution is 2.32. The quantitative estimate of drug-likeness (QED) is 0.511. The molecule has 8 heteroatoms. The summed E-state index contributed by atoms with van der Waals surface area (Å²) in [6.45, 7) is 4.72. The maximum atomic E-state index is 14.3. The molecule has 1 saturated heterocycles. The highest BCUT2D eigenvalue weighted by molar-refractivity contribution is 6.09. The standard InChI is InChI=1S/C28H32FN3O4/c1-36-28(35)21-4-2-19(3-5-21)17-32-24-7-6-22(29)16-23(24)26-25(32)10-13-31(27(26)34)15-14-30-11-8-20(18-33)9-12-30/h2-7,16,20,33H,8-15,17-18H2,1H3. The number of likely N-dealkylation sites (tertiary alicyclic amines) is 1. The average molecular weight is 494 g/mol. The number of esters is 1. The summed E-state index contributed by atoms with van der Waals surface area (Å²) in [5, 5.41) is 10.0. The molecule has 0 unspecified atom stereocenters. The van der Waals surface area contributed by atoms with E-state index >= 15 is 0 Å². The minimum absolute atomic E-state index is 0.0446. The van der Waals surface area contributed by atoms with Crippen LogP contribution in [-0.2, 0) is 17.7 Å². The van der Waals surface area contributed by atoms with Crippen molar-refractivity contribution in [2.75, 3.05) is 46.4 Å². The zero-order chi connectivity index (χ0) is 25.2. The summed E-state index contributed by atoms with van der Waals surface area (Å²) in [5.41, 5.74) is 3.82. The summed E-state index contributed by atoms with van der Waals surface area (Å²) >= 11 is 0. The first-order valence-corrected chi connectivity index (χ1v) is 12.6. The highest BCUT2D eigenvalue weighted by Gasteiger charge is 2.31. The number of halogens is 1.